The van der Waals surface area contributed by atoms with Gasteiger partial charge in [-0.1, -0.05) is 6.07 Å². The van der Waals surface area contributed by atoms with Crippen LogP contribution in [-0.2, 0) is 9.63 Å². The van der Waals surface area contributed by atoms with Gasteiger partial charge in [-0.05, 0) is 12.1 Å². The third kappa shape index (κ3) is 2.14. The molecular formula is C9H10N2O3. The number of hydroxylamine groups is 2. The van der Waals surface area contributed by atoms with Crippen LogP contribution in [0.4, 0.5) is 0 Å². The monoisotopic (exact) mass is 194 g/mol. The fourth-order valence-electron chi connectivity index (χ4n) is 0.833. The molecule has 0 aliphatic heterocycles. The number of nitrogens with zero attached hydrogens (tertiary/aromatic N) is 2. The molecule has 0 unspecified atom stereocenters. The van der Waals surface area contributed by atoms with Crippen LogP contribution in [0.1, 0.15) is 10.5 Å². The lowest BCUT2D eigenvalue weighted by molar-refractivity contribution is -0.162. The first-order valence-electron chi connectivity index (χ1n) is 3.94. The van der Waals surface area contributed by atoms with Gasteiger partial charge in [0.2, 0.25) is 0 Å². The van der Waals surface area contributed by atoms with Gasteiger partial charge in [-0.2, -0.15) is 0 Å². The molecular weight excluding hydrogens is 184 g/mol. The second-order valence-corrected chi connectivity index (χ2v) is 2.53. The van der Waals surface area contributed by atoms with Crippen LogP contribution in [0.25, 0.3) is 0 Å². The van der Waals surface area contributed by atoms with E-state index in [1.54, 1.807) is 12.1 Å². The molecule has 0 spiro atoms. The van der Waals surface area contributed by atoms with Crippen LogP contribution in [0.5, 0.6) is 0 Å². The molecule has 0 aliphatic carbocycles. The fourth-order valence-corrected chi connectivity index (χ4v) is 0.833. The van der Waals surface area contributed by atoms with Crippen molar-refractivity contribution in [3.8, 4) is 0 Å². The van der Waals surface area contributed by atoms with Crippen LogP contribution in [0.3, 0.4) is 0 Å². The van der Waals surface area contributed by atoms with E-state index in [1.165, 1.54) is 26.4 Å². The number of hydrogen-bond donors (Lipinski definition) is 0. The first kappa shape index (κ1) is 10.3. The molecule has 0 aliphatic rings. The number of carbonyl (C=O) groups is 2. The predicted octanol–water partition coefficient (Wildman–Crippen LogP) is 0.284. The van der Waals surface area contributed by atoms with Gasteiger partial charge in [0.25, 0.3) is 5.78 Å². The van der Waals surface area contributed by atoms with Crippen molar-refractivity contribution < 1.29 is 14.4 Å². The Kier molecular flexibility index (Phi) is 3.30. The van der Waals surface area contributed by atoms with E-state index in [4.69, 9.17) is 0 Å². The maximum atomic E-state index is 11.4. The topological polar surface area (TPSA) is 59.5 Å². The highest BCUT2D eigenvalue weighted by atomic mass is 16.7. The van der Waals surface area contributed by atoms with Crippen LogP contribution in [0.2, 0.25) is 0 Å². The SMILES string of the molecule is CON(C)C(=O)C(=O)c1ccccn1. The number of amides is 1. The van der Waals surface area contributed by atoms with E-state index in [2.05, 4.69) is 9.82 Å². The number of hydrogen-bond acceptors (Lipinski definition) is 4. The summed E-state index contributed by atoms with van der Waals surface area (Å²) in [6.45, 7) is 0. The van der Waals surface area contributed by atoms with Crippen LogP contribution >= 0.6 is 0 Å². The molecule has 0 radical (unpaired) electrons. The molecule has 1 heterocycles. The third-order valence-electron chi connectivity index (χ3n) is 1.65. The highest BCUT2D eigenvalue weighted by Gasteiger charge is 2.21. The predicted molar refractivity (Wildman–Crippen MR) is 48.3 cm³/mol. The van der Waals surface area contributed by atoms with Gasteiger partial charge < -0.3 is 0 Å². The molecule has 74 valence electrons. The van der Waals surface area contributed by atoms with Crippen molar-refractivity contribution >= 4 is 11.7 Å². The minimum Gasteiger partial charge on any atom is -0.281 e. The van der Waals surface area contributed by atoms with Crippen molar-refractivity contribution in [2.75, 3.05) is 14.2 Å². The van der Waals surface area contributed by atoms with E-state index in [9.17, 15) is 9.59 Å². The van der Waals surface area contributed by atoms with Gasteiger partial charge in [-0.25, -0.2) is 5.06 Å². The normalized spacial score (nSPS) is 9.57. The summed E-state index contributed by atoms with van der Waals surface area (Å²) in [5, 5.41) is 0.858. The van der Waals surface area contributed by atoms with E-state index >= 15 is 0 Å². The second-order valence-electron chi connectivity index (χ2n) is 2.53. The standard InChI is InChI=1S/C9H10N2O3/c1-11(14-2)9(13)8(12)7-5-3-4-6-10-7/h3-6H,1-2H3. The fraction of sp³-hybridized carbons (Fsp3) is 0.222. The average Bonchev–Trinajstić information content (AvgIpc) is 2.27. The Labute approximate surface area is 81.3 Å². The molecule has 0 saturated heterocycles. The summed E-state index contributed by atoms with van der Waals surface area (Å²) in [6.07, 6.45) is 1.45. The summed E-state index contributed by atoms with van der Waals surface area (Å²) >= 11 is 0. The maximum Gasteiger partial charge on any atom is 0.319 e. The molecule has 0 fully saturated rings. The van der Waals surface area contributed by atoms with E-state index in [-0.39, 0.29) is 5.69 Å². The maximum absolute atomic E-state index is 11.4. The second kappa shape index (κ2) is 4.48. The zero-order valence-electron chi connectivity index (χ0n) is 7.93. The third-order valence-corrected chi connectivity index (χ3v) is 1.65. The van der Waals surface area contributed by atoms with Gasteiger partial charge in [-0.3, -0.25) is 19.4 Å². The van der Waals surface area contributed by atoms with Gasteiger partial charge in [0.15, 0.2) is 0 Å². The minimum atomic E-state index is -0.744. The number of Topliss-reactive ketones (excluding diaryl/α,β-unsaturated/α-hetero) is 1. The van der Waals surface area contributed by atoms with Crippen LogP contribution in [0, 0.1) is 0 Å². The highest BCUT2D eigenvalue weighted by Crippen LogP contribution is 1.98. The smallest absolute Gasteiger partial charge is 0.281 e. The summed E-state index contributed by atoms with van der Waals surface area (Å²) in [6, 6.07) is 4.78. The number of rotatable bonds is 3. The molecule has 1 aromatic heterocycles. The molecule has 1 amide bonds. The number of carbonyl (C=O) groups excluding carboxylic acids is 2. The molecule has 5 heteroatoms. The van der Waals surface area contributed by atoms with Gasteiger partial charge in [0.1, 0.15) is 5.69 Å². The number of likely N-dealkylation sites (N-methyl/N-ethyl adjacent to an activating group) is 1. The lowest BCUT2D eigenvalue weighted by Crippen LogP contribution is -2.32. The molecule has 5 nitrogen and oxygen atoms in total. The van der Waals surface area contributed by atoms with Gasteiger partial charge >= 0.3 is 5.91 Å². The average molecular weight is 194 g/mol. The van der Waals surface area contributed by atoms with Crippen LogP contribution in [-0.4, -0.2) is 35.9 Å². The first-order valence-corrected chi connectivity index (χ1v) is 3.94. The van der Waals surface area contributed by atoms with Crippen molar-refractivity contribution in [1.82, 2.24) is 10.0 Å². The van der Waals surface area contributed by atoms with Gasteiger partial charge in [0.05, 0.1) is 7.11 Å². The van der Waals surface area contributed by atoms with Crippen molar-refractivity contribution in [2.45, 2.75) is 0 Å². The van der Waals surface area contributed by atoms with Crippen LogP contribution < -0.4 is 0 Å². The molecule has 1 aromatic rings. The minimum absolute atomic E-state index is 0.112. The summed E-state index contributed by atoms with van der Waals surface area (Å²) in [4.78, 5) is 31.1. The number of pyridine rings is 1. The Morgan fingerprint density at radius 2 is 2.14 bits per heavy atom. The van der Waals surface area contributed by atoms with Crippen molar-refractivity contribution in [1.29, 1.82) is 0 Å². The Balaban J connectivity index is 2.82. The molecule has 0 aromatic carbocycles. The summed E-state index contributed by atoms with van der Waals surface area (Å²) in [5.74, 6) is -1.43. The lowest BCUT2D eigenvalue weighted by Gasteiger charge is -2.11. The van der Waals surface area contributed by atoms with Crippen molar-refractivity contribution in [3.05, 3.63) is 30.1 Å². The Morgan fingerprint density at radius 1 is 1.43 bits per heavy atom. The summed E-state index contributed by atoms with van der Waals surface area (Å²) in [7, 11) is 2.67. The van der Waals surface area contributed by atoms with E-state index < -0.39 is 11.7 Å². The van der Waals surface area contributed by atoms with Gasteiger partial charge in [-0.15, -0.1) is 0 Å². The molecule has 0 atom stereocenters. The van der Waals surface area contributed by atoms with Crippen molar-refractivity contribution in [2.24, 2.45) is 0 Å². The molecule has 0 N–H and O–H groups in total. The Morgan fingerprint density at radius 3 is 2.64 bits per heavy atom. The van der Waals surface area contributed by atoms with Gasteiger partial charge in [0, 0.05) is 13.2 Å². The molecule has 14 heavy (non-hydrogen) atoms. The van der Waals surface area contributed by atoms with Crippen LogP contribution in [0.15, 0.2) is 24.4 Å². The number of ketones is 1. The summed E-state index contributed by atoms with van der Waals surface area (Å²) in [5.41, 5.74) is 0.112. The van der Waals surface area contributed by atoms with E-state index in [0.29, 0.717) is 0 Å². The summed E-state index contributed by atoms with van der Waals surface area (Å²) < 4.78 is 0. The van der Waals surface area contributed by atoms with E-state index in [0.717, 1.165) is 5.06 Å². The Hall–Kier alpha value is -1.75. The zero-order valence-corrected chi connectivity index (χ0v) is 7.93. The largest absolute Gasteiger partial charge is 0.319 e. The Bertz CT molecular complexity index is 337. The number of aromatic nitrogens is 1. The lowest BCUT2D eigenvalue weighted by atomic mass is 10.2. The molecule has 1 rings (SSSR count). The highest BCUT2D eigenvalue weighted by molar-refractivity contribution is 6.41. The quantitative estimate of drug-likeness (QED) is 0.394. The zero-order chi connectivity index (χ0) is 10.6. The van der Waals surface area contributed by atoms with E-state index in [1.807, 2.05) is 0 Å². The molecule has 0 bridgehead atoms. The van der Waals surface area contributed by atoms with Crippen molar-refractivity contribution in [3.63, 3.8) is 0 Å². The first-order chi connectivity index (χ1) is 6.66. The molecule has 0 saturated carbocycles.